The van der Waals surface area contributed by atoms with Crippen molar-refractivity contribution in [3.63, 3.8) is 0 Å². The molecule has 0 saturated heterocycles. The molecule has 0 saturated carbocycles. The normalized spacial score (nSPS) is 12.2. The van der Waals surface area contributed by atoms with Crippen LogP contribution in [-0.2, 0) is 17.8 Å². The van der Waals surface area contributed by atoms with Gasteiger partial charge in [0.2, 0.25) is 0 Å². The van der Waals surface area contributed by atoms with Gasteiger partial charge in [-0.3, -0.25) is 0 Å². The molecule has 0 spiro atoms. The van der Waals surface area contributed by atoms with Gasteiger partial charge in [-0.1, -0.05) is 26.0 Å². The molecular weight excluding hydrogens is 304 g/mol. The fourth-order valence-corrected chi connectivity index (χ4v) is 2.41. The first kappa shape index (κ1) is 18.0. The Balaban J connectivity index is 1.91. The second kappa shape index (κ2) is 8.49. The van der Waals surface area contributed by atoms with E-state index < -0.39 is 0 Å². The number of hydrogen-bond donors (Lipinski definition) is 2. The molecule has 1 aromatic heterocycles. The highest BCUT2D eigenvalue weighted by molar-refractivity contribution is 5.89. The summed E-state index contributed by atoms with van der Waals surface area (Å²) < 4.78 is 7.36. The molecular formula is C18H26N4O2. The number of ether oxygens (including phenoxy) is 1. The van der Waals surface area contributed by atoms with Crippen LogP contribution in [0.15, 0.2) is 36.7 Å². The van der Waals surface area contributed by atoms with Crippen molar-refractivity contribution in [2.45, 2.75) is 40.0 Å². The average Bonchev–Trinajstić information content (AvgIpc) is 2.98. The van der Waals surface area contributed by atoms with Crippen molar-refractivity contribution in [2.24, 2.45) is 5.92 Å². The van der Waals surface area contributed by atoms with Gasteiger partial charge in [-0.05, 0) is 30.5 Å². The zero-order valence-electron chi connectivity index (χ0n) is 14.7. The maximum atomic E-state index is 12.1. The molecule has 0 aliphatic heterocycles. The minimum absolute atomic E-state index is 0.0154. The Kier molecular flexibility index (Phi) is 6.37. The van der Waals surface area contributed by atoms with Gasteiger partial charge in [0.1, 0.15) is 5.82 Å². The van der Waals surface area contributed by atoms with Crippen molar-refractivity contribution in [3.05, 3.63) is 48.0 Å². The molecule has 0 radical (unpaired) electrons. The lowest BCUT2D eigenvalue weighted by atomic mass is 10.1. The number of methoxy groups -OCH3 is 1. The monoisotopic (exact) mass is 330 g/mol. The first-order valence-electron chi connectivity index (χ1n) is 8.17. The summed E-state index contributed by atoms with van der Waals surface area (Å²) in [6.07, 6.45) is 3.68. The first-order chi connectivity index (χ1) is 11.5. The maximum absolute atomic E-state index is 12.1. The number of amides is 2. The van der Waals surface area contributed by atoms with E-state index in [1.807, 2.05) is 37.4 Å². The Labute approximate surface area is 143 Å². The van der Waals surface area contributed by atoms with Crippen molar-refractivity contribution in [1.82, 2.24) is 14.9 Å². The molecule has 6 nitrogen and oxygen atoms in total. The largest absolute Gasteiger partial charge is 0.377 e. The van der Waals surface area contributed by atoms with Crippen molar-refractivity contribution < 1.29 is 9.53 Å². The molecule has 0 fully saturated rings. The highest BCUT2D eigenvalue weighted by Crippen LogP contribution is 2.19. The molecule has 0 unspecified atom stereocenters. The Bertz CT molecular complexity index is 667. The minimum Gasteiger partial charge on any atom is -0.377 e. The van der Waals surface area contributed by atoms with Gasteiger partial charge in [0.25, 0.3) is 0 Å². The second-order valence-corrected chi connectivity index (χ2v) is 6.20. The van der Waals surface area contributed by atoms with Gasteiger partial charge < -0.3 is 19.9 Å². The SMILES string of the molecule is CO[C@@H](C)c1cccc(NC(=O)NCc2nccn2CC(C)C)c1. The topological polar surface area (TPSA) is 68.2 Å². The summed E-state index contributed by atoms with van der Waals surface area (Å²) in [5, 5.41) is 5.69. The third-order valence-corrected chi connectivity index (χ3v) is 3.74. The number of nitrogens with zero attached hydrogens (tertiary/aromatic N) is 2. The van der Waals surface area contributed by atoms with Crippen molar-refractivity contribution in [2.75, 3.05) is 12.4 Å². The van der Waals surface area contributed by atoms with Crippen LogP contribution < -0.4 is 10.6 Å². The van der Waals surface area contributed by atoms with E-state index in [2.05, 4.69) is 34.0 Å². The number of rotatable bonds is 7. The smallest absolute Gasteiger partial charge is 0.319 e. The van der Waals surface area contributed by atoms with E-state index in [1.54, 1.807) is 13.3 Å². The molecule has 1 atom stereocenters. The highest BCUT2D eigenvalue weighted by Gasteiger charge is 2.09. The number of benzene rings is 1. The summed E-state index contributed by atoms with van der Waals surface area (Å²) >= 11 is 0. The fourth-order valence-electron chi connectivity index (χ4n) is 2.41. The minimum atomic E-state index is -0.253. The van der Waals surface area contributed by atoms with Crippen molar-refractivity contribution >= 4 is 11.7 Å². The Morgan fingerprint density at radius 1 is 1.33 bits per heavy atom. The van der Waals surface area contributed by atoms with Crippen LogP contribution in [0.1, 0.15) is 38.3 Å². The predicted octanol–water partition coefficient (Wildman–Crippen LogP) is 3.57. The van der Waals surface area contributed by atoms with E-state index in [0.717, 1.165) is 23.6 Å². The number of hydrogen-bond acceptors (Lipinski definition) is 3. The molecule has 0 bridgehead atoms. The quantitative estimate of drug-likeness (QED) is 0.815. The van der Waals surface area contributed by atoms with Crippen LogP contribution in [0.25, 0.3) is 0 Å². The second-order valence-electron chi connectivity index (χ2n) is 6.20. The van der Waals surface area contributed by atoms with Crippen LogP contribution >= 0.6 is 0 Å². The van der Waals surface area contributed by atoms with Gasteiger partial charge in [-0.15, -0.1) is 0 Å². The molecule has 0 aliphatic carbocycles. The van der Waals surface area contributed by atoms with E-state index in [4.69, 9.17) is 4.74 Å². The van der Waals surface area contributed by atoms with Crippen LogP contribution in [0.5, 0.6) is 0 Å². The lowest BCUT2D eigenvalue weighted by Gasteiger charge is -2.13. The fraction of sp³-hybridized carbons (Fsp3) is 0.444. The third kappa shape index (κ3) is 5.09. The van der Waals surface area contributed by atoms with Crippen molar-refractivity contribution in [1.29, 1.82) is 0 Å². The van der Waals surface area contributed by atoms with E-state index >= 15 is 0 Å². The zero-order chi connectivity index (χ0) is 17.5. The van der Waals surface area contributed by atoms with Crippen molar-refractivity contribution in [3.8, 4) is 0 Å². The van der Waals surface area contributed by atoms with Gasteiger partial charge in [0.05, 0.1) is 12.6 Å². The van der Waals surface area contributed by atoms with Crippen LogP contribution in [-0.4, -0.2) is 22.7 Å². The number of nitrogens with one attached hydrogen (secondary N) is 2. The average molecular weight is 330 g/mol. The number of anilines is 1. The molecule has 2 aromatic rings. The number of urea groups is 1. The maximum Gasteiger partial charge on any atom is 0.319 e. The summed E-state index contributed by atoms with van der Waals surface area (Å²) in [5.74, 6) is 1.37. The van der Waals surface area contributed by atoms with Gasteiger partial charge in [-0.2, -0.15) is 0 Å². The van der Waals surface area contributed by atoms with E-state index in [1.165, 1.54) is 0 Å². The Morgan fingerprint density at radius 2 is 2.12 bits per heavy atom. The number of carbonyl (C=O) groups excluding carboxylic acids is 1. The molecule has 2 rings (SSSR count). The molecule has 2 N–H and O–H groups in total. The summed E-state index contributed by atoms with van der Waals surface area (Å²) in [6.45, 7) is 7.54. The van der Waals surface area contributed by atoms with Gasteiger partial charge in [0.15, 0.2) is 0 Å². The lowest BCUT2D eigenvalue weighted by molar-refractivity contribution is 0.119. The molecule has 0 aliphatic rings. The molecule has 1 aromatic carbocycles. The summed E-state index contributed by atoms with van der Waals surface area (Å²) in [7, 11) is 1.66. The zero-order valence-corrected chi connectivity index (χ0v) is 14.7. The van der Waals surface area contributed by atoms with Gasteiger partial charge in [-0.25, -0.2) is 9.78 Å². The third-order valence-electron chi connectivity index (χ3n) is 3.74. The van der Waals surface area contributed by atoms with E-state index in [0.29, 0.717) is 12.5 Å². The van der Waals surface area contributed by atoms with Crippen LogP contribution in [0.4, 0.5) is 10.5 Å². The number of aromatic nitrogens is 2. The molecule has 130 valence electrons. The van der Waals surface area contributed by atoms with E-state index in [-0.39, 0.29) is 12.1 Å². The number of imidazole rings is 1. The van der Waals surface area contributed by atoms with Gasteiger partial charge in [0, 0.05) is 31.7 Å². The highest BCUT2D eigenvalue weighted by atomic mass is 16.5. The Morgan fingerprint density at radius 3 is 2.83 bits per heavy atom. The van der Waals surface area contributed by atoms with Crippen LogP contribution in [0, 0.1) is 5.92 Å². The van der Waals surface area contributed by atoms with Crippen LogP contribution in [0.2, 0.25) is 0 Å². The first-order valence-corrected chi connectivity index (χ1v) is 8.17. The molecule has 24 heavy (non-hydrogen) atoms. The lowest BCUT2D eigenvalue weighted by Crippen LogP contribution is -2.29. The summed E-state index contributed by atoms with van der Waals surface area (Å²) in [5.41, 5.74) is 1.75. The van der Waals surface area contributed by atoms with E-state index in [9.17, 15) is 4.79 Å². The molecule has 1 heterocycles. The van der Waals surface area contributed by atoms with Crippen LogP contribution in [0.3, 0.4) is 0 Å². The summed E-state index contributed by atoms with van der Waals surface area (Å²) in [4.78, 5) is 16.4. The summed E-state index contributed by atoms with van der Waals surface area (Å²) in [6, 6.07) is 7.38. The Hall–Kier alpha value is -2.34. The molecule has 6 heteroatoms. The van der Waals surface area contributed by atoms with Gasteiger partial charge >= 0.3 is 6.03 Å². The predicted molar refractivity (Wildman–Crippen MR) is 94.8 cm³/mol. The molecule has 2 amide bonds. The standard InChI is InChI=1S/C18H26N4O2/c1-13(2)12-22-9-8-19-17(22)11-20-18(23)21-16-7-5-6-15(10-16)14(3)24-4/h5-10,13-14H,11-12H2,1-4H3,(H2,20,21,23)/t14-/m0/s1. The number of carbonyl (C=O) groups is 1.